The molecule has 0 bridgehead atoms. The molecule has 0 aliphatic carbocycles. The molecule has 0 aliphatic heterocycles. The second-order valence-corrected chi connectivity index (χ2v) is 5.22. The lowest BCUT2D eigenvalue weighted by Crippen LogP contribution is -2.20. The molecule has 0 aliphatic rings. The van der Waals surface area contributed by atoms with Gasteiger partial charge in [0.2, 0.25) is 0 Å². The van der Waals surface area contributed by atoms with Crippen molar-refractivity contribution in [3.8, 4) is 5.75 Å². The van der Waals surface area contributed by atoms with Gasteiger partial charge in [-0.3, -0.25) is 4.79 Å². The maximum Gasteiger partial charge on any atom is 0.336 e. The number of fused-ring (bicyclic) bond motifs is 1. The number of unbranched alkanes of at least 4 members (excludes halogenated alkanes) is 1. The molecular weight excluding hydrogens is 268 g/mol. The van der Waals surface area contributed by atoms with Gasteiger partial charge in [0.05, 0.1) is 0 Å². The number of benzene rings is 1. The minimum absolute atomic E-state index is 0.0479. The Morgan fingerprint density at radius 3 is 2.76 bits per heavy atom. The van der Waals surface area contributed by atoms with Crippen LogP contribution in [0.2, 0.25) is 0 Å². The highest BCUT2D eigenvalue weighted by atomic mass is 16.5. The van der Waals surface area contributed by atoms with Gasteiger partial charge in [-0.05, 0) is 44.4 Å². The maximum atomic E-state index is 11.6. The van der Waals surface area contributed by atoms with Gasteiger partial charge in [0.25, 0.3) is 0 Å². The molecule has 1 heterocycles. The first-order valence-corrected chi connectivity index (χ1v) is 7.25. The summed E-state index contributed by atoms with van der Waals surface area (Å²) in [7, 11) is 0. The summed E-state index contributed by atoms with van der Waals surface area (Å²) in [6, 6.07) is 6.91. The van der Waals surface area contributed by atoms with Crippen molar-refractivity contribution < 1.29 is 13.9 Å². The van der Waals surface area contributed by atoms with Crippen LogP contribution in [0.5, 0.6) is 5.75 Å². The van der Waals surface area contributed by atoms with Gasteiger partial charge in [-0.25, -0.2) is 4.79 Å². The Bertz CT molecular complexity index is 699. The van der Waals surface area contributed by atoms with Gasteiger partial charge in [-0.15, -0.1) is 0 Å². The Morgan fingerprint density at radius 1 is 1.33 bits per heavy atom. The topological polar surface area (TPSA) is 56.5 Å². The van der Waals surface area contributed by atoms with Gasteiger partial charge in [0.15, 0.2) is 11.9 Å². The number of Topliss-reactive ketones (excluding diaryl/α,β-unsaturated/α-hetero) is 1. The Balaban J connectivity index is 2.39. The third-order valence-corrected chi connectivity index (χ3v) is 3.49. The monoisotopic (exact) mass is 288 g/mol. The van der Waals surface area contributed by atoms with Gasteiger partial charge in [0, 0.05) is 17.5 Å². The van der Waals surface area contributed by atoms with Crippen LogP contribution in [0.4, 0.5) is 0 Å². The molecule has 1 aromatic carbocycles. The summed E-state index contributed by atoms with van der Waals surface area (Å²) in [5.41, 5.74) is 1.14. The van der Waals surface area contributed by atoms with Crippen molar-refractivity contribution in [3.63, 3.8) is 0 Å². The van der Waals surface area contributed by atoms with E-state index in [1.54, 1.807) is 25.1 Å². The van der Waals surface area contributed by atoms with Gasteiger partial charge in [-0.1, -0.05) is 13.3 Å². The summed E-state index contributed by atoms with van der Waals surface area (Å²) in [6.07, 6.45) is 2.43. The normalized spacial score (nSPS) is 12.3. The van der Waals surface area contributed by atoms with Gasteiger partial charge in [-0.2, -0.15) is 0 Å². The first-order valence-electron chi connectivity index (χ1n) is 7.25. The van der Waals surface area contributed by atoms with Crippen molar-refractivity contribution in [2.75, 3.05) is 0 Å². The van der Waals surface area contributed by atoms with Crippen LogP contribution in [0.3, 0.4) is 0 Å². The molecule has 4 nitrogen and oxygen atoms in total. The van der Waals surface area contributed by atoms with Crippen LogP contribution in [-0.4, -0.2) is 11.9 Å². The van der Waals surface area contributed by atoms with Gasteiger partial charge < -0.3 is 9.15 Å². The average Bonchev–Trinajstić information content (AvgIpc) is 2.44. The van der Waals surface area contributed by atoms with E-state index in [0.717, 1.165) is 30.2 Å². The largest absolute Gasteiger partial charge is 0.483 e. The van der Waals surface area contributed by atoms with E-state index in [1.807, 2.05) is 6.07 Å². The number of ketones is 1. The molecule has 0 radical (unpaired) electrons. The maximum absolute atomic E-state index is 11.6. The molecule has 0 N–H and O–H groups in total. The number of aryl methyl sites for hydroxylation is 1. The van der Waals surface area contributed by atoms with Crippen LogP contribution in [0.25, 0.3) is 11.0 Å². The van der Waals surface area contributed by atoms with E-state index < -0.39 is 6.10 Å². The fourth-order valence-electron chi connectivity index (χ4n) is 2.14. The minimum Gasteiger partial charge on any atom is -0.483 e. The average molecular weight is 288 g/mol. The minimum atomic E-state index is -0.516. The van der Waals surface area contributed by atoms with Crippen molar-refractivity contribution in [1.29, 1.82) is 0 Å². The molecule has 0 saturated carbocycles. The molecule has 112 valence electrons. The van der Waals surface area contributed by atoms with Crippen LogP contribution in [0.1, 0.15) is 39.2 Å². The molecular formula is C17H20O4. The highest BCUT2D eigenvalue weighted by molar-refractivity contribution is 5.82. The zero-order chi connectivity index (χ0) is 15.4. The lowest BCUT2D eigenvalue weighted by molar-refractivity contribution is -0.122. The molecule has 1 atom stereocenters. The number of carbonyl (C=O) groups is 1. The Morgan fingerprint density at radius 2 is 2.10 bits per heavy atom. The third-order valence-electron chi connectivity index (χ3n) is 3.49. The number of hydrogen-bond acceptors (Lipinski definition) is 4. The van der Waals surface area contributed by atoms with Crippen molar-refractivity contribution in [1.82, 2.24) is 0 Å². The molecule has 1 aromatic heterocycles. The van der Waals surface area contributed by atoms with E-state index in [2.05, 4.69) is 6.92 Å². The summed E-state index contributed by atoms with van der Waals surface area (Å²) in [4.78, 5) is 22.9. The van der Waals surface area contributed by atoms with Crippen LogP contribution < -0.4 is 10.4 Å². The predicted molar refractivity (Wildman–Crippen MR) is 81.9 cm³/mol. The first-order chi connectivity index (χ1) is 10.0. The van der Waals surface area contributed by atoms with Gasteiger partial charge in [0.1, 0.15) is 11.3 Å². The molecule has 2 rings (SSSR count). The van der Waals surface area contributed by atoms with Crippen molar-refractivity contribution in [2.45, 2.75) is 46.1 Å². The highest BCUT2D eigenvalue weighted by Gasteiger charge is 2.11. The summed E-state index contributed by atoms with van der Waals surface area (Å²) in [5, 5.41) is 0.922. The van der Waals surface area contributed by atoms with Crippen molar-refractivity contribution >= 4 is 16.8 Å². The first kappa shape index (κ1) is 15.3. The van der Waals surface area contributed by atoms with E-state index in [-0.39, 0.29) is 11.4 Å². The number of rotatable bonds is 6. The van der Waals surface area contributed by atoms with Crippen LogP contribution >= 0.6 is 0 Å². The fraction of sp³-hybridized carbons (Fsp3) is 0.412. The van der Waals surface area contributed by atoms with Gasteiger partial charge >= 0.3 is 5.63 Å². The molecule has 0 amide bonds. The Labute approximate surface area is 123 Å². The van der Waals surface area contributed by atoms with E-state index >= 15 is 0 Å². The second kappa shape index (κ2) is 6.57. The number of hydrogen-bond donors (Lipinski definition) is 0. The summed E-state index contributed by atoms with van der Waals surface area (Å²) < 4.78 is 10.8. The number of ether oxygens (including phenoxy) is 1. The quantitative estimate of drug-likeness (QED) is 0.763. The molecule has 4 heteroatoms. The van der Waals surface area contributed by atoms with Crippen LogP contribution in [0.15, 0.2) is 33.5 Å². The molecule has 0 spiro atoms. The van der Waals surface area contributed by atoms with E-state index in [1.165, 1.54) is 6.92 Å². The summed E-state index contributed by atoms with van der Waals surface area (Å²) in [5.74, 6) is 0.481. The van der Waals surface area contributed by atoms with E-state index in [4.69, 9.17) is 9.15 Å². The Hall–Kier alpha value is -2.10. The summed E-state index contributed by atoms with van der Waals surface area (Å²) in [6.45, 7) is 5.29. The van der Waals surface area contributed by atoms with Crippen molar-refractivity contribution in [2.24, 2.45) is 0 Å². The lowest BCUT2D eigenvalue weighted by Gasteiger charge is -2.12. The zero-order valence-electron chi connectivity index (χ0n) is 12.6. The van der Waals surface area contributed by atoms with E-state index in [0.29, 0.717) is 11.3 Å². The standard InChI is InChI=1S/C17H20O4/c1-4-5-6-13-9-17(19)21-16-10-14(7-8-15(13)16)20-12(3)11(2)18/h7-10,12H,4-6H2,1-3H3/t12-/m1/s1. The number of carbonyl (C=O) groups excluding carboxylic acids is 1. The summed E-state index contributed by atoms with van der Waals surface area (Å²) >= 11 is 0. The van der Waals surface area contributed by atoms with Crippen LogP contribution in [0, 0.1) is 0 Å². The Kier molecular flexibility index (Phi) is 4.78. The smallest absolute Gasteiger partial charge is 0.336 e. The zero-order valence-corrected chi connectivity index (χ0v) is 12.6. The molecule has 0 fully saturated rings. The SMILES string of the molecule is CCCCc1cc(=O)oc2cc(O[C@H](C)C(C)=O)ccc12. The highest BCUT2D eigenvalue weighted by Crippen LogP contribution is 2.24. The lowest BCUT2D eigenvalue weighted by atomic mass is 10.0. The molecule has 2 aromatic rings. The third kappa shape index (κ3) is 3.72. The van der Waals surface area contributed by atoms with Crippen LogP contribution in [-0.2, 0) is 11.2 Å². The molecule has 0 saturated heterocycles. The van der Waals surface area contributed by atoms with Crippen molar-refractivity contribution in [3.05, 3.63) is 40.2 Å². The van der Waals surface area contributed by atoms with E-state index in [9.17, 15) is 9.59 Å². The second-order valence-electron chi connectivity index (χ2n) is 5.22. The molecule has 21 heavy (non-hydrogen) atoms. The predicted octanol–water partition coefficient (Wildman–Crippen LogP) is 3.49. The fourth-order valence-corrected chi connectivity index (χ4v) is 2.14. The molecule has 0 unspecified atom stereocenters.